The molecule has 1 aromatic heterocycles. The summed E-state index contributed by atoms with van der Waals surface area (Å²) in [6.45, 7) is -0.104. The van der Waals surface area contributed by atoms with Crippen molar-refractivity contribution in [3.05, 3.63) is 23.9 Å². The maximum atomic E-state index is 12.7. The molecule has 2 rings (SSSR count). The molecular weight excluding hydrogens is 321 g/mol. The van der Waals surface area contributed by atoms with Gasteiger partial charge in [0.2, 0.25) is 5.91 Å². The SMILES string of the molecule is O=C(NCC(F)F)C1CCCN(c2cccc(C(F)(F)F)n2)C1. The number of alkyl halides is 5. The van der Waals surface area contributed by atoms with Gasteiger partial charge in [-0.2, -0.15) is 13.2 Å². The van der Waals surface area contributed by atoms with Crippen LogP contribution >= 0.6 is 0 Å². The van der Waals surface area contributed by atoms with Gasteiger partial charge in [0.15, 0.2) is 0 Å². The second kappa shape index (κ2) is 7.10. The van der Waals surface area contributed by atoms with E-state index in [9.17, 15) is 26.7 Å². The van der Waals surface area contributed by atoms with Gasteiger partial charge in [-0.1, -0.05) is 6.07 Å². The largest absolute Gasteiger partial charge is 0.433 e. The Hall–Kier alpha value is -1.93. The summed E-state index contributed by atoms with van der Waals surface area (Å²) in [4.78, 5) is 17.0. The van der Waals surface area contributed by atoms with E-state index in [0.717, 1.165) is 6.07 Å². The van der Waals surface area contributed by atoms with E-state index in [0.29, 0.717) is 19.4 Å². The van der Waals surface area contributed by atoms with Gasteiger partial charge in [0.1, 0.15) is 11.5 Å². The highest BCUT2D eigenvalue weighted by molar-refractivity contribution is 5.79. The molecule has 1 aromatic rings. The molecule has 4 nitrogen and oxygen atoms in total. The van der Waals surface area contributed by atoms with E-state index < -0.39 is 36.7 Å². The second-order valence-electron chi connectivity index (χ2n) is 5.30. The summed E-state index contributed by atoms with van der Waals surface area (Å²) in [7, 11) is 0. The molecule has 1 N–H and O–H groups in total. The highest BCUT2D eigenvalue weighted by Gasteiger charge is 2.33. The number of nitrogens with one attached hydrogen (secondary N) is 1. The molecule has 0 radical (unpaired) electrons. The average Bonchev–Trinajstić information content (AvgIpc) is 2.52. The number of halogens is 5. The first-order valence-electron chi connectivity index (χ1n) is 7.12. The number of hydrogen-bond acceptors (Lipinski definition) is 3. The molecule has 2 heterocycles. The highest BCUT2D eigenvalue weighted by Crippen LogP contribution is 2.30. The van der Waals surface area contributed by atoms with E-state index in [4.69, 9.17) is 0 Å². The molecule has 1 aliphatic rings. The normalized spacial score (nSPS) is 19.0. The number of nitrogens with zero attached hydrogens (tertiary/aromatic N) is 2. The maximum Gasteiger partial charge on any atom is 0.433 e. The zero-order valence-electron chi connectivity index (χ0n) is 12.1. The fourth-order valence-corrected chi connectivity index (χ4v) is 2.48. The van der Waals surface area contributed by atoms with Crippen molar-refractivity contribution in [2.45, 2.75) is 25.4 Å². The first-order chi connectivity index (χ1) is 10.8. The maximum absolute atomic E-state index is 12.7. The molecule has 0 aromatic carbocycles. The van der Waals surface area contributed by atoms with Crippen LogP contribution in [-0.4, -0.2) is 37.0 Å². The third kappa shape index (κ3) is 4.77. The van der Waals surface area contributed by atoms with E-state index in [2.05, 4.69) is 10.3 Å². The molecule has 0 spiro atoms. The van der Waals surface area contributed by atoms with E-state index in [1.165, 1.54) is 12.1 Å². The summed E-state index contributed by atoms with van der Waals surface area (Å²) in [5, 5.41) is 2.14. The van der Waals surface area contributed by atoms with Gasteiger partial charge in [-0.25, -0.2) is 13.8 Å². The van der Waals surface area contributed by atoms with Gasteiger partial charge < -0.3 is 10.2 Å². The van der Waals surface area contributed by atoms with Gasteiger partial charge in [0, 0.05) is 13.1 Å². The molecule has 128 valence electrons. The number of aromatic nitrogens is 1. The van der Waals surface area contributed by atoms with Crippen LogP contribution in [0.15, 0.2) is 18.2 Å². The Kier molecular flexibility index (Phi) is 5.38. The highest BCUT2D eigenvalue weighted by atomic mass is 19.4. The Bertz CT molecular complexity index is 549. The van der Waals surface area contributed by atoms with Gasteiger partial charge in [-0.3, -0.25) is 4.79 Å². The smallest absolute Gasteiger partial charge is 0.356 e. The number of piperidine rings is 1. The van der Waals surface area contributed by atoms with Gasteiger partial charge in [-0.15, -0.1) is 0 Å². The third-order valence-corrected chi connectivity index (χ3v) is 3.57. The number of amides is 1. The summed E-state index contributed by atoms with van der Waals surface area (Å²) in [5.74, 6) is -0.924. The Morgan fingerprint density at radius 1 is 1.39 bits per heavy atom. The van der Waals surface area contributed by atoms with Crippen molar-refractivity contribution in [2.75, 3.05) is 24.5 Å². The molecule has 1 amide bonds. The van der Waals surface area contributed by atoms with Crippen molar-refractivity contribution in [3.63, 3.8) is 0 Å². The summed E-state index contributed by atoms with van der Waals surface area (Å²) < 4.78 is 62.3. The second-order valence-corrected chi connectivity index (χ2v) is 5.30. The number of carbonyl (C=O) groups excluding carboxylic acids is 1. The lowest BCUT2D eigenvalue weighted by atomic mass is 9.97. The number of hydrogen-bond donors (Lipinski definition) is 1. The Morgan fingerprint density at radius 2 is 2.13 bits per heavy atom. The molecule has 9 heteroatoms. The molecule has 0 aliphatic carbocycles. The predicted octanol–water partition coefficient (Wildman–Crippen LogP) is 2.70. The van der Waals surface area contributed by atoms with Crippen LogP contribution in [0.3, 0.4) is 0 Å². The summed E-state index contributed by atoms with van der Waals surface area (Å²) in [6.07, 6.45) is -6.10. The molecule has 1 unspecified atom stereocenters. The quantitative estimate of drug-likeness (QED) is 0.860. The van der Waals surface area contributed by atoms with Crippen molar-refractivity contribution < 1.29 is 26.7 Å². The molecular formula is C14H16F5N3O. The fraction of sp³-hybridized carbons (Fsp3) is 0.571. The molecule has 23 heavy (non-hydrogen) atoms. The van der Waals surface area contributed by atoms with Gasteiger partial charge in [0.05, 0.1) is 12.5 Å². The van der Waals surface area contributed by atoms with Crippen molar-refractivity contribution in [1.82, 2.24) is 10.3 Å². The minimum Gasteiger partial charge on any atom is -0.356 e. The third-order valence-electron chi connectivity index (χ3n) is 3.57. The Morgan fingerprint density at radius 3 is 2.78 bits per heavy atom. The molecule has 1 saturated heterocycles. The van der Waals surface area contributed by atoms with Crippen molar-refractivity contribution in [2.24, 2.45) is 5.92 Å². The Balaban J connectivity index is 2.05. The monoisotopic (exact) mass is 337 g/mol. The Labute approximate surface area is 129 Å². The zero-order chi connectivity index (χ0) is 17.0. The molecule has 1 atom stereocenters. The lowest BCUT2D eigenvalue weighted by Crippen LogP contribution is -2.44. The molecule has 1 aliphatic heterocycles. The van der Waals surface area contributed by atoms with Crippen LogP contribution in [0.5, 0.6) is 0 Å². The van der Waals surface area contributed by atoms with Crippen LogP contribution < -0.4 is 10.2 Å². The first kappa shape index (κ1) is 17.4. The van der Waals surface area contributed by atoms with E-state index in [1.54, 1.807) is 4.90 Å². The molecule has 0 bridgehead atoms. The fourth-order valence-electron chi connectivity index (χ4n) is 2.48. The standard InChI is InChI=1S/C14H16F5N3O/c15-11(16)7-20-13(23)9-3-2-6-22(8-9)12-5-1-4-10(21-12)14(17,18)19/h1,4-5,9,11H,2-3,6-8H2,(H,20,23). The number of pyridine rings is 1. The van der Waals surface area contributed by atoms with Gasteiger partial charge in [-0.05, 0) is 25.0 Å². The summed E-state index contributed by atoms with van der Waals surface area (Å²) >= 11 is 0. The van der Waals surface area contributed by atoms with Crippen LogP contribution in [-0.2, 0) is 11.0 Å². The summed E-state index contributed by atoms with van der Waals surface area (Å²) in [5.41, 5.74) is -1.00. The predicted molar refractivity (Wildman–Crippen MR) is 73.2 cm³/mol. The van der Waals surface area contributed by atoms with Crippen LogP contribution in [0, 0.1) is 5.92 Å². The topological polar surface area (TPSA) is 45.2 Å². The van der Waals surface area contributed by atoms with E-state index in [1.807, 2.05) is 0 Å². The number of anilines is 1. The van der Waals surface area contributed by atoms with Gasteiger partial charge >= 0.3 is 6.18 Å². The van der Waals surface area contributed by atoms with Crippen molar-refractivity contribution in [3.8, 4) is 0 Å². The molecule has 0 saturated carbocycles. The van der Waals surface area contributed by atoms with Crippen LogP contribution in [0.2, 0.25) is 0 Å². The lowest BCUT2D eigenvalue weighted by molar-refractivity contribution is -0.141. The summed E-state index contributed by atoms with van der Waals surface area (Å²) in [6, 6.07) is 3.57. The van der Waals surface area contributed by atoms with E-state index >= 15 is 0 Å². The average molecular weight is 337 g/mol. The van der Waals surface area contributed by atoms with Crippen molar-refractivity contribution in [1.29, 1.82) is 0 Å². The lowest BCUT2D eigenvalue weighted by Gasteiger charge is -2.33. The minimum absolute atomic E-state index is 0.131. The minimum atomic E-state index is -4.54. The molecule has 1 fully saturated rings. The number of rotatable bonds is 4. The van der Waals surface area contributed by atoms with Crippen molar-refractivity contribution >= 4 is 11.7 Å². The van der Waals surface area contributed by atoms with Gasteiger partial charge in [0.25, 0.3) is 6.43 Å². The first-order valence-corrected chi connectivity index (χ1v) is 7.12. The van der Waals surface area contributed by atoms with Crippen LogP contribution in [0.1, 0.15) is 18.5 Å². The van der Waals surface area contributed by atoms with Crippen LogP contribution in [0.25, 0.3) is 0 Å². The zero-order valence-corrected chi connectivity index (χ0v) is 12.1. The number of carbonyl (C=O) groups is 1. The van der Waals surface area contributed by atoms with Crippen LogP contribution in [0.4, 0.5) is 27.8 Å². The van der Waals surface area contributed by atoms with E-state index in [-0.39, 0.29) is 12.4 Å².